The Balaban J connectivity index is 2.34. The van der Waals surface area contributed by atoms with Crippen LogP contribution in [-0.4, -0.2) is 24.7 Å². The number of hydrogen-bond donors (Lipinski definition) is 1. The maximum absolute atomic E-state index is 10.8. The van der Waals surface area contributed by atoms with Gasteiger partial charge in [-0.1, -0.05) is 26.0 Å². The quantitative estimate of drug-likeness (QED) is 0.446. The average molecular weight is 266 g/mol. The number of hydrogen-bond acceptors (Lipinski definition) is 4. The second-order valence-corrected chi connectivity index (χ2v) is 5.02. The molecule has 5 nitrogen and oxygen atoms in total. The first-order valence-corrected chi connectivity index (χ1v) is 6.53. The lowest BCUT2D eigenvalue weighted by molar-refractivity contribution is -0.385. The third kappa shape index (κ3) is 5.81. The van der Waals surface area contributed by atoms with Gasteiger partial charge < -0.3 is 10.1 Å². The smallest absolute Gasteiger partial charge is 0.272 e. The van der Waals surface area contributed by atoms with E-state index in [1.54, 1.807) is 19.1 Å². The summed E-state index contributed by atoms with van der Waals surface area (Å²) in [4.78, 5) is 10.5. The highest BCUT2D eigenvalue weighted by atomic mass is 16.6. The third-order valence-corrected chi connectivity index (χ3v) is 2.67. The van der Waals surface area contributed by atoms with E-state index in [0.717, 1.165) is 18.7 Å². The van der Waals surface area contributed by atoms with E-state index in [1.807, 2.05) is 6.07 Å². The van der Waals surface area contributed by atoms with E-state index in [-0.39, 0.29) is 10.6 Å². The van der Waals surface area contributed by atoms with Crippen LogP contribution in [0, 0.1) is 23.0 Å². The summed E-state index contributed by atoms with van der Waals surface area (Å²) in [7, 11) is 0. The van der Waals surface area contributed by atoms with Crippen molar-refractivity contribution in [2.75, 3.05) is 19.8 Å². The highest BCUT2D eigenvalue weighted by Gasteiger charge is 2.10. The van der Waals surface area contributed by atoms with Crippen molar-refractivity contribution in [1.82, 2.24) is 5.32 Å². The van der Waals surface area contributed by atoms with Gasteiger partial charge >= 0.3 is 0 Å². The number of nitro benzene ring substituents is 1. The summed E-state index contributed by atoms with van der Waals surface area (Å²) in [5, 5.41) is 14.0. The molecule has 0 unspecified atom stereocenters. The first-order valence-electron chi connectivity index (χ1n) is 6.53. The average Bonchev–Trinajstić information content (AvgIpc) is 2.34. The van der Waals surface area contributed by atoms with E-state index in [4.69, 9.17) is 4.74 Å². The van der Waals surface area contributed by atoms with E-state index in [0.29, 0.717) is 24.6 Å². The zero-order valence-electron chi connectivity index (χ0n) is 11.8. The van der Waals surface area contributed by atoms with Gasteiger partial charge in [-0.05, 0) is 18.4 Å². The van der Waals surface area contributed by atoms with Gasteiger partial charge in [0.1, 0.15) is 0 Å². The van der Waals surface area contributed by atoms with Crippen LogP contribution in [0.15, 0.2) is 18.2 Å². The molecule has 0 aliphatic carbocycles. The topological polar surface area (TPSA) is 64.4 Å². The van der Waals surface area contributed by atoms with Gasteiger partial charge in [0.15, 0.2) is 0 Å². The third-order valence-electron chi connectivity index (χ3n) is 2.67. The Morgan fingerprint density at radius 3 is 2.79 bits per heavy atom. The second kappa shape index (κ2) is 7.86. The molecule has 1 aromatic carbocycles. The largest absolute Gasteiger partial charge is 0.380 e. The van der Waals surface area contributed by atoms with Gasteiger partial charge in [-0.15, -0.1) is 0 Å². The van der Waals surface area contributed by atoms with E-state index in [9.17, 15) is 10.1 Å². The van der Waals surface area contributed by atoms with Crippen LogP contribution in [0.2, 0.25) is 0 Å². The van der Waals surface area contributed by atoms with Crippen molar-refractivity contribution >= 4 is 5.69 Å². The molecule has 5 heteroatoms. The number of nitro groups is 1. The zero-order valence-corrected chi connectivity index (χ0v) is 11.8. The van der Waals surface area contributed by atoms with Crippen LogP contribution >= 0.6 is 0 Å². The Morgan fingerprint density at radius 1 is 1.42 bits per heavy atom. The van der Waals surface area contributed by atoms with Crippen LogP contribution in [0.4, 0.5) is 5.69 Å². The molecule has 0 amide bonds. The molecular formula is C14H22N2O3. The fourth-order valence-corrected chi connectivity index (χ4v) is 1.66. The van der Waals surface area contributed by atoms with Crippen molar-refractivity contribution in [1.29, 1.82) is 0 Å². The minimum atomic E-state index is -0.343. The number of nitrogens with one attached hydrogen (secondary N) is 1. The van der Waals surface area contributed by atoms with Crippen molar-refractivity contribution in [2.24, 2.45) is 5.92 Å². The van der Waals surface area contributed by atoms with Crippen LogP contribution < -0.4 is 5.32 Å². The minimum absolute atomic E-state index is 0.176. The molecule has 0 saturated carbocycles. The van der Waals surface area contributed by atoms with Gasteiger partial charge in [0.2, 0.25) is 0 Å². The zero-order chi connectivity index (χ0) is 14.3. The Bertz CT molecular complexity index is 419. The number of benzene rings is 1. The van der Waals surface area contributed by atoms with Gasteiger partial charge in [-0.2, -0.15) is 0 Å². The fourth-order valence-electron chi connectivity index (χ4n) is 1.66. The van der Waals surface area contributed by atoms with Crippen molar-refractivity contribution in [2.45, 2.75) is 27.3 Å². The van der Waals surface area contributed by atoms with Crippen molar-refractivity contribution in [3.63, 3.8) is 0 Å². The highest BCUT2D eigenvalue weighted by Crippen LogP contribution is 2.18. The molecular weight excluding hydrogens is 244 g/mol. The summed E-state index contributed by atoms with van der Waals surface area (Å²) >= 11 is 0. The Kier molecular flexibility index (Phi) is 6.45. The van der Waals surface area contributed by atoms with Crippen LogP contribution in [0.5, 0.6) is 0 Å². The predicted molar refractivity (Wildman–Crippen MR) is 75.2 cm³/mol. The minimum Gasteiger partial charge on any atom is -0.380 e. The summed E-state index contributed by atoms with van der Waals surface area (Å²) in [6.45, 7) is 8.75. The Morgan fingerprint density at radius 2 is 2.16 bits per heavy atom. The van der Waals surface area contributed by atoms with Crippen LogP contribution in [0.25, 0.3) is 0 Å². The van der Waals surface area contributed by atoms with E-state index < -0.39 is 0 Å². The second-order valence-electron chi connectivity index (χ2n) is 5.02. The summed E-state index contributed by atoms with van der Waals surface area (Å²) < 4.78 is 5.44. The van der Waals surface area contributed by atoms with Crippen molar-refractivity contribution in [3.8, 4) is 0 Å². The molecule has 0 aromatic heterocycles. The number of ether oxygens (including phenoxy) is 1. The fraction of sp³-hybridized carbons (Fsp3) is 0.571. The lowest BCUT2D eigenvalue weighted by Gasteiger charge is -2.08. The molecule has 0 atom stereocenters. The van der Waals surface area contributed by atoms with Gasteiger partial charge in [0.25, 0.3) is 5.69 Å². The number of aryl methyl sites for hydroxylation is 1. The number of nitrogens with zero attached hydrogens (tertiary/aromatic N) is 1. The van der Waals surface area contributed by atoms with E-state index >= 15 is 0 Å². The maximum Gasteiger partial charge on any atom is 0.272 e. The molecule has 0 saturated heterocycles. The number of rotatable bonds is 8. The first kappa shape index (κ1) is 15.6. The van der Waals surface area contributed by atoms with E-state index in [2.05, 4.69) is 19.2 Å². The van der Waals surface area contributed by atoms with Gasteiger partial charge in [0.05, 0.1) is 11.5 Å². The molecule has 0 aliphatic rings. The van der Waals surface area contributed by atoms with Gasteiger partial charge in [-0.3, -0.25) is 10.1 Å². The summed E-state index contributed by atoms with van der Waals surface area (Å²) in [6.07, 6.45) is 0. The molecule has 1 rings (SSSR count). The molecule has 0 spiro atoms. The molecule has 106 valence electrons. The maximum atomic E-state index is 10.8. The first-order chi connectivity index (χ1) is 9.00. The van der Waals surface area contributed by atoms with E-state index in [1.165, 1.54) is 0 Å². The van der Waals surface area contributed by atoms with Crippen LogP contribution in [0.3, 0.4) is 0 Å². The van der Waals surface area contributed by atoms with Crippen molar-refractivity contribution < 1.29 is 9.66 Å². The monoisotopic (exact) mass is 266 g/mol. The summed E-state index contributed by atoms with van der Waals surface area (Å²) in [5.41, 5.74) is 1.78. The molecule has 0 radical (unpaired) electrons. The Labute approximate surface area is 114 Å². The molecule has 0 aliphatic heterocycles. The normalized spacial score (nSPS) is 10.9. The molecule has 0 fully saturated rings. The summed E-state index contributed by atoms with van der Waals surface area (Å²) in [5.74, 6) is 0.541. The lowest BCUT2D eigenvalue weighted by Crippen LogP contribution is -2.20. The highest BCUT2D eigenvalue weighted by molar-refractivity contribution is 5.42. The molecule has 19 heavy (non-hydrogen) atoms. The standard InChI is InChI=1S/C14H22N2O3/c1-11(2)10-19-7-6-15-9-13-5-4-12(3)14(8-13)16(17)18/h4-5,8,11,15H,6-7,9-10H2,1-3H3. The molecule has 1 N–H and O–H groups in total. The summed E-state index contributed by atoms with van der Waals surface area (Å²) in [6, 6.07) is 5.31. The van der Waals surface area contributed by atoms with Crippen LogP contribution in [-0.2, 0) is 11.3 Å². The van der Waals surface area contributed by atoms with Crippen molar-refractivity contribution in [3.05, 3.63) is 39.4 Å². The molecule has 0 heterocycles. The molecule has 0 bridgehead atoms. The molecule has 1 aromatic rings. The Hall–Kier alpha value is -1.46. The lowest BCUT2D eigenvalue weighted by atomic mass is 10.1. The van der Waals surface area contributed by atoms with Crippen LogP contribution in [0.1, 0.15) is 25.0 Å². The van der Waals surface area contributed by atoms with Gasteiger partial charge in [-0.25, -0.2) is 0 Å². The SMILES string of the molecule is Cc1ccc(CNCCOCC(C)C)cc1[N+](=O)[O-]. The predicted octanol–water partition coefficient (Wildman–Crippen LogP) is 2.67. The van der Waals surface area contributed by atoms with Gasteiger partial charge in [0, 0.05) is 31.3 Å².